The van der Waals surface area contributed by atoms with Gasteiger partial charge in [0.05, 0.1) is 30.5 Å². The summed E-state index contributed by atoms with van der Waals surface area (Å²) in [5.74, 6) is 0. The fourth-order valence-corrected chi connectivity index (χ4v) is 2.30. The summed E-state index contributed by atoms with van der Waals surface area (Å²) in [7, 11) is -3.26. The van der Waals surface area contributed by atoms with Crippen LogP contribution in [0.5, 0.6) is 0 Å². The number of furan rings is 1. The number of rotatable bonds is 5. The number of anilines is 2. The number of hydrogen-bond acceptors (Lipinski definition) is 4. The molecule has 0 fully saturated rings. The molecule has 0 aliphatic carbocycles. The van der Waals surface area contributed by atoms with Gasteiger partial charge in [-0.25, -0.2) is 8.42 Å². The van der Waals surface area contributed by atoms with E-state index in [1.165, 1.54) is 0 Å². The average Bonchev–Trinajstić information content (AvgIpc) is 2.80. The minimum Gasteiger partial charge on any atom is -0.472 e. The molecule has 6 heteroatoms. The molecule has 2 N–H and O–H groups in total. The first-order valence-electron chi connectivity index (χ1n) is 5.80. The Morgan fingerprint density at radius 1 is 1.21 bits per heavy atom. The first kappa shape index (κ1) is 13.5. The molecule has 2 rings (SSSR count). The van der Waals surface area contributed by atoms with Gasteiger partial charge in [-0.05, 0) is 31.2 Å². The Labute approximate surface area is 112 Å². The van der Waals surface area contributed by atoms with Crippen molar-refractivity contribution in [3.63, 3.8) is 0 Å². The standard InChI is InChI=1S/C13H16N2O3S/c1-10(11-6-7-18-9-11)14-12-4-3-5-13(8-12)15-19(2,16)17/h3-10,14-15H,1-2H3. The lowest BCUT2D eigenvalue weighted by atomic mass is 10.1. The van der Waals surface area contributed by atoms with Crippen LogP contribution in [0.25, 0.3) is 0 Å². The van der Waals surface area contributed by atoms with Crippen LogP contribution in [0, 0.1) is 0 Å². The molecule has 102 valence electrons. The molecule has 5 nitrogen and oxygen atoms in total. The van der Waals surface area contributed by atoms with E-state index in [4.69, 9.17) is 4.42 Å². The van der Waals surface area contributed by atoms with Gasteiger partial charge in [0, 0.05) is 11.3 Å². The second-order valence-electron chi connectivity index (χ2n) is 4.38. The number of sulfonamides is 1. The van der Waals surface area contributed by atoms with Crippen LogP contribution in [0.3, 0.4) is 0 Å². The molecule has 0 saturated heterocycles. The van der Waals surface area contributed by atoms with Crippen LogP contribution in [0.15, 0.2) is 47.3 Å². The lowest BCUT2D eigenvalue weighted by molar-refractivity contribution is 0.562. The van der Waals surface area contributed by atoms with E-state index in [2.05, 4.69) is 10.0 Å². The van der Waals surface area contributed by atoms with Gasteiger partial charge in [0.1, 0.15) is 0 Å². The van der Waals surface area contributed by atoms with Crippen LogP contribution in [0.2, 0.25) is 0 Å². The van der Waals surface area contributed by atoms with Crippen molar-refractivity contribution in [1.29, 1.82) is 0 Å². The molecule has 1 aromatic heterocycles. The van der Waals surface area contributed by atoms with Crippen LogP contribution in [-0.4, -0.2) is 14.7 Å². The third-order valence-electron chi connectivity index (χ3n) is 2.59. The Morgan fingerprint density at radius 2 is 1.95 bits per heavy atom. The molecular formula is C13H16N2O3S. The molecule has 0 aliphatic heterocycles. The first-order valence-corrected chi connectivity index (χ1v) is 7.70. The summed E-state index contributed by atoms with van der Waals surface area (Å²) in [5, 5.41) is 3.28. The van der Waals surface area contributed by atoms with Gasteiger partial charge in [-0.1, -0.05) is 6.07 Å². The van der Waals surface area contributed by atoms with E-state index in [1.54, 1.807) is 30.7 Å². The molecule has 19 heavy (non-hydrogen) atoms. The monoisotopic (exact) mass is 280 g/mol. The zero-order valence-electron chi connectivity index (χ0n) is 10.8. The van der Waals surface area contributed by atoms with Gasteiger partial charge in [0.2, 0.25) is 10.0 Å². The highest BCUT2D eigenvalue weighted by Gasteiger charge is 2.07. The van der Waals surface area contributed by atoms with Crippen molar-refractivity contribution < 1.29 is 12.8 Å². The van der Waals surface area contributed by atoms with Gasteiger partial charge in [-0.15, -0.1) is 0 Å². The SMILES string of the molecule is CC(Nc1cccc(NS(C)(=O)=O)c1)c1ccoc1. The zero-order valence-corrected chi connectivity index (χ0v) is 11.6. The van der Waals surface area contributed by atoms with Crippen molar-refractivity contribution in [2.75, 3.05) is 16.3 Å². The van der Waals surface area contributed by atoms with Gasteiger partial charge < -0.3 is 9.73 Å². The summed E-state index contributed by atoms with van der Waals surface area (Å²) in [4.78, 5) is 0. The summed E-state index contributed by atoms with van der Waals surface area (Å²) >= 11 is 0. The molecule has 0 amide bonds. The molecule has 1 atom stereocenters. The van der Waals surface area contributed by atoms with E-state index in [-0.39, 0.29) is 6.04 Å². The topological polar surface area (TPSA) is 71.3 Å². The van der Waals surface area contributed by atoms with Crippen molar-refractivity contribution >= 4 is 21.4 Å². The highest BCUT2D eigenvalue weighted by atomic mass is 32.2. The predicted molar refractivity (Wildman–Crippen MR) is 75.7 cm³/mol. The van der Waals surface area contributed by atoms with E-state index in [0.29, 0.717) is 5.69 Å². The fraction of sp³-hybridized carbons (Fsp3) is 0.231. The Bertz CT molecular complexity index is 636. The molecule has 0 spiro atoms. The molecule has 1 unspecified atom stereocenters. The maximum atomic E-state index is 11.2. The molecule has 0 saturated carbocycles. The van der Waals surface area contributed by atoms with E-state index < -0.39 is 10.0 Å². The van der Waals surface area contributed by atoms with Crippen molar-refractivity contribution in [2.45, 2.75) is 13.0 Å². The highest BCUT2D eigenvalue weighted by molar-refractivity contribution is 7.92. The molecule has 1 aromatic carbocycles. The molecule has 0 bridgehead atoms. The summed E-state index contributed by atoms with van der Waals surface area (Å²) in [6, 6.07) is 9.08. The Kier molecular flexibility index (Phi) is 3.80. The minimum absolute atomic E-state index is 0.0761. The maximum Gasteiger partial charge on any atom is 0.229 e. The van der Waals surface area contributed by atoms with Gasteiger partial charge in [-0.2, -0.15) is 0 Å². The number of nitrogens with one attached hydrogen (secondary N) is 2. The second kappa shape index (κ2) is 5.36. The van der Waals surface area contributed by atoms with Crippen LogP contribution in [0.1, 0.15) is 18.5 Å². The van der Waals surface area contributed by atoms with Gasteiger partial charge in [-0.3, -0.25) is 4.72 Å². The average molecular weight is 280 g/mol. The van der Waals surface area contributed by atoms with E-state index in [1.807, 2.05) is 19.1 Å². The van der Waals surface area contributed by atoms with Gasteiger partial charge in [0.15, 0.2) is 0 Å². The van der Waals surface area contributed by atoms with Gasteiger partial charge in [0.25, 0.3) is 0 Å². The third-order valence-corrected chi connectivity index (χ3v) is 3.20. The predicted octanol–water partition coefficient (Wildman–Crippen LogP) is 2.82. The van der Waals surface area contributed by atoms with Gasteiger partial charge >= 0.3 is 0 Å². The quantitative estimate of drug-likeness (QED) is 0.883. The summed E-state index contributed by atoms with van der Waals surface area (Å²) in [6.07, 6.45) is 4.42. The van der Waals surface area contributed by atoms with Crippen molar-refractivity contribution in [3.05, 3.63) is 48.4 Å². The van der Waals surface area contributed by atoms with E-state index >= 15 is 0 Å². The Balaban J connectivity index is 2.11. The fourth-order valence-electron chi connectivity index (χ4n) is 1.74. The van der Waals surface area contributed by atoms with Crippen molar-refractivity contribution in [3.8, 4) is 0 Å². The minimum atomic E-state index is -3.26. The van der Waals surface area contributed by atoms with Crippen LogP contribution in [0.4, 0.5) is 11.4 Å². The van der Waals surface area contributed by atoms with E-state index in [9.17, 15) is 8.42 Å². The maximum absolute atomic E-state index is 11.2. The van der Waals surface area contributed by atoms with Crippen LogP contribution in [-0.2, 0) is 10.0 Å². The number of benzene rings is 1. The van der Waals surface area contributed by atoms with Crippen molar-refractivity contribution in [2.24, 2.45) is 0 Å². The Morgan fingerprint density at radius 3 is 2.58 bits per heavy atom. The normalized spacial score (nSPS) is 12.9. The smallest absolute Gasteiger partial charge is 0.229 e. The van der Waals surface area contributed by atoms with Crippen LogP contribution >= 0.6 is 0 Å². The lowest BCUT2D eigenvalue weighted by Gasteiger charge is -2.14. The first-order chi connectivity index (χ1) is 8.94. The Hall–Kier alpha value is -1.95. The second-order valence-corrected chi connectivity index (χ2v) is 6.13. The van der Waals surface area contributed by atoms with E-state index in [0.717, 1.165) is 17.5 Å². The molecule has 0 radical (unpaired) electrons. The molecular weight excluding hydrogens is 264 g/mol. The van der Waals surface area contributed by atoms with Crippen LogP contribution < -0.4 is 10.0 Å². The molecule has 2 aromatic rings. The third kappa shape index (κ3) is 4.03. The summed E-state index contributed by atoms with van der Waals surface area (Å²) < 4.78 is 29.8. The zero-order chi connectivity index (χ0) is 13.9. The molecule has 0 aliphatic rings. The molecule has 1 heterocycles. The van der Waals surface area contributed by atoms with Crippen molar-refractivity contribution in [1.82, 2.24) is 0 Å². The highest BCUT2D eigenvalue weighted by Crippen LogP contribution is 2.22. The largest absolute Gasteiger partial charge is 0.472 e. The lowest BCUT2D eigenvalue weighted by Crippen LogP contribution is -2.10. The summed E-state index contributed by atoms with van der Waals surface area (Å²) in [5.41, 5.74) is 2.40. The summed E-state index contributed by atoms with van der Waals surface area (Å²) in [6.45, 7) is 2.00. The number of hydrogen-bond donors (Lipinski definition) is 2.